The molecule has 1 aromatic carbocycles. The number of aryl methyl sites for hydroxylation is 1. The predicted molar refractivity (Wildman–Crippen MR) is 115 cm³/mol. The first-order valence-electron chi connectivity index (χ1n) is 10.2. The van der Waals surface area contributed by atoms with Crippen LogP contribution in [0.1, 0.15) is 54.0 Å². The van der Waals surface area contributed by atoms with Crippen LogP contribution in [0.4, 0.5) is 10.5 Å². The van der Waals surface area contributed by atoms with Gasteiger partial charge in [0.25, 0.3) is 5.91 Å². The Hall–Kier alpha value is -2.48. The van der Waals surface area contributed by atoms with Gasteiger partial charge in [0, 0.05) is 0 Å². The zero-order valence-corrected chi connectivity index (χ0v) is 19.5. The maximum Gasteiger partial charge on any atom is 0.412 e. The van der Waals surface area contributed by atoms with Crippen LogP contribution in [0.3, 0.4) is 0 Å². The molecule has 0 spiro atoms. The second-order valence-corrected chi connectivity index (χ2v) is 9.37. The number of ether oxygens (including phenoxy) is 3. The Morgan fingerprint density at radius 1 is 1.23 bits per heavy atom. The quantitative estimate of drug-likeness (QED) is 0.702. The first kappa shape index (κ1) is 23.8. The van der Waals surface area contributed by atoms with Gasteiger partial charge in [-0.2, -0.15) is 0 Å². The summed E-state index contributed by atoms with van der Waals surface area (Å²) in [6.45, 7) is 14.8. The maximum atomic E-state index is 13.0. The molecule has 2 rings (SSSR count). The maximum absolute atomic E-state index is 13.0. The molecule has 8 nitrogen and oxygen atoms in total. The van der Waals surface area contributed by atoms with Crippen LogP contribution in [0.25, 0.3) is 0 Å². The number of hydrogen-bond donors (Lipinski definition) is 2. The lowest BCUT2D eigenvalue weighted by atomic mass is 9.97. The lowest BCUT2D eigenvalue weighted by Crippen LogP contribution is -2.53. The van der Waals surface area contributed by atoms with E-state index in [0.29, 0.717) is 0 Å². The Bertz CT molecular complexity index is 785. The van der Waals surface area contributed by atoms with Crippen molar-refractivity contribution >= 4 is 17.7 Å². The van der Waals surface area contributed by atoms with Crippen LogP contribution in [0.2, 0.25) is 0 Å². The first-order valence-corrected chi connectivity index (χ1v) is 10.2. The van der Waals surface area contributed by atoms with Gasteiger partial charge < -0.3 is 14.2 Å². The summed E-state index contributed by atoms with van der Waals surface area (Å²) in [4.78, 5) is 27.4. The molecule has 0 aromatic heterocycles. The van der Waals surface area contributed by atoms with Crippen molar-refractivity contribution < 1.29 is 23.8 Å². The SMILES string of the molecule is COc1ccc(NNC(=O)[C@@H]2OC(C)(C)N(C(=O)OC(C)(C)C)[C@H]2C(C)C)c(C)c1. The van der Waals surface area contributed by atoms with E-state index in [4.69, 9.17) is 14.2 Å². The third kappa shape index (κ3) is 5.36. The van der Waals surface area contributed by atoms with Crippen molar-refractivity contribution in [2.45, 2.75) is 78.9 Å². The van der Waals surface area contributed by atoms with Crippen molar-refractivity contribution in [1.82, 2.24) is 10.3 Å². The number of nitrogens with one attached hydrogen (secondary N) is 2. The molecule has 2 N–H and O–H groups in total. The van der Waals surface area contributed by atoms with Crippen molar-refractivity contribution in [2.75, 3.05) is 12.5 Å². The molecule has 30 heavy (non-hydrogen) atoms. The van der Waals surface area contributed by atoms with E-state index in [9.17, 15) is 9.59 Å². The minimum absolute atomic E-state index is 0.0298. The lowest BCUT2D eigenvalue weighted by molar-refractivity contribution is -0.138. The molecular formula is C22H35N3O5. The molecule has 1 aliphatic heterocycles. The van der Waals surface area contributed by atoms with E-state index < -0.39 is 29.6 Å². The number of benzene rings is 1. The molecule has 8 heteroatoms. The highest BCUT2D eigenvalue weighted by molar-refractivity contribution is 5.84. The number of hydrazine groups is 1. The summed E-state index contributed by atoms with van der Waals surface area (Å²) in [5.74, 6) is 0.346. The van der Waals surface area contributed by atoms with Crippen LogP contribution in [-0.2, 0) is 14.3 Å². The number of rotatable bonds is 5. The molecule has 2 amide bonds. The minimum Gasteiger partial charge on any atom is -0.497 e. The smallest absolute Gasteiger partial charge is 0.412 e. The van der Waals surface area contributed by atoms with Crippen molar-refractivity contribution in [3.05, 3.63) is 23.8 Å². The average molecular weight is 422 g/mol. The molecule has 1 saturated heterocycles. The summed E-state index contributed by atoms with van der Waals surface area (Å²) in [5.41, 5.74) is 5.67. The van der Waals surface area contributed by atoms with Gasteiger partial charge in [0.05, 0.1) is 18.8 Å². The van der Waals surface area contributed by atoms with Crippen LogP contribution < -0.4 is 15.6 Å². The van der Waals surface area contributed by atoms with Gasteiger partial charge in [-0.1, -0.05) is 13.8 Å². The fourth-order valence-corrected chi connectivity index (χ4v) is 3.54. The van der Waals surface area contributed by atoms with E-state index in [1.807, 2.05) is 53.7 Å². The van der Waals surface area contributed by atoms with Gasteiger partial charge in [0.15, 0.2) is 6.10 Å². The number of amides is 2. The van der Waals surface area contributed by atoms with Crippen molar-refractivity contribution in [1.29, 1.82) is 0 Å². The first-order chi connectivity index (χ1) is 13.8. The molecule has 0 aliphatic carbocycles. The summed E-state index contributed by atoms with van der Waals surface area (Å²) in [7, 11) is 1.60. The molecular weight excluding hydrogens is 386 g/mol. The van der Waals surface area contributed by atoms with Crippen LogP contribution >= 0.6 is 0 Å². The summed E-state index contributed by atoms with van der Waals surface area (Å²) >= 11 is 0. The highest BCUT2D eigenvalue weighted by atomic mass is 16.6. The second kappa shape index (κ2) is 8.71. The van der Waals surface area contributed by atoms with Gasteiger partial charge in [-0.05, 0) is 71.2 Å². The van der Waals surface area contributed by atoms with E-state index in [1.54, 1.807) is 27.0 Å². The van der Waals surface area contributed by atoms with E-state index >= 15 is 0 Å². The van der Waals surface area contributed by atoms with Crippen molar-refractivity contribution in [2.24, 2.45) is 5.92 Å². The van der Waals surface area contributed by atoms with E-state index in [-0.39, 0.29) is 11.8 Å². The third-order valence-corrected chi connectivity index (χ3v) is 4.89. The average Bonchev–Trinajstić information content (AvgIpc) is 2.90. The summed E-state index contributed by atoms with van der Waals surface area (Å²) < 4.78 is 16.8. The molecule has 168 valence electrons. The summed E-state index contributed by atoms with van der Waals surface area (Å²) in [6.07, 6.45) is -1.35. The molecule has 0 unspecified atom stereocenters. The number of anilines is 1. The van der Waals surface area contributed by atoms with E-state index in [2.05, 4.69) is 10.9 Å². The molecule has 0 bridgehead atoms. The molecule has 0 saturated carbocycles. The molecule has 1 heterocycles. The fourth-order valence-electron chi connectivity index (χ4n) is 3.54. The normalized spacial score (nSPS) is 20.8. The van der Waals surface area contributed by atoms with Crippen LogP contribution in [0.15, 0.2) is 18.2 Å². The van der Waals surface area contributed by atoms with Crippen molar-refractivity contribution in [3.63, 3.8) is 0 Å². The topological polar surface area (TPSA) is 89.1 Å². The Morgan fingerprint density at radius 2 is 1.87 bits per heavy atom. The number of carbonyl (C=O) groups excluding carboxylic acids is 2. The number of methoxy groups -OCH3 is 1. The monoisotopic (exact) mass is 421 g/mol. The zero-order valence-electron chi connectivity index (χ0n) is 19.5. The van der Waals surface area contributed by atoms with Crippen LogP contribution in [0, 0.1) is 12.8 Å². The third-order valence-electron chi connectivity index (χ3n) is 4.89. The largest absolute Gasteiger partial charge is 0.497 e. The molecule has 0 radical (unpaired) electrons. The van der Waals surface area contributed by atoms with Gasteiger partial charge >= 0.3 is 6.09 Å². The minimum atomic E-state index is -0.991. The Morgan fingerprint density at radius 3 is 2.37 bits per heavy atom. The zero-order chi connectivity index (χ0) is 22.9. The standard InChI is InChI=1S/C22H35N3O5/c1-13(2)17-18(29-22(7,8)25(17)20(27)30-21(4,5)6)19(26)24-23-16-11-10-15(28-9)12-14(16)3/h10-13,17-18,23H,1-9H3,(H,24,26)/t17-,18+/m0/s1. The van der Waals surface area contributed by atoms with Gasteiger partial charge in [-0.3, -0.25) is 20.5 Å². The highest BCUT2D eigenvalue weighted by Crippen LogP contribution is 2.37. The van der Waals surface area contributed by atoms with E-state index in [0.717, 1.165) is 17.0 Å². The summed E-state index contributed by atoms with van der Waals surface area (Å²) in [5, 5.41) is 0. The lowest BCUT2D eigenvalue weighted by Gasteiger charge is -2.36. The van der Waals surface area contributed by atoms with Crippen LogP contribution in [0.5, 0.6) is 5.75 Å². The molecule has 2 atom stereocenters. The predicted octanol–water partition coefficient (Wildman–Crippen LogP) is 3.84. The number of hydrogen-bond acceptors (Lipinski definition) is 6. The fraction of sp³-hybridized carbons (Fsp3) is 0.636. The summed E-state index contributed by atoms with van der Waals surface area (Å²) in [6, 6.07) is 5.01. The van der Waals surface area contributed by atoms with Gasteiger partial charge in [-0.15, -0.1) is 0 Å². The van der Waals surface area contributed by atoms with Gasteiger partial charge in [0.1, 0.15) is 17.1 Å². The second-order valence-electron chi connectivity index (χ2n) is 9.37. The highest BCUT2D eigenvalue weighted by Gasteiger charge is 2.54. The van der Waals surface area contributed by atoms with Crippen molar-refractivity contribution in [3.8, 4) is 5.75 Å². The molecule has 1 aromatic rings. The van der Waals surface area contributed by atoms with Crippen LogP contribution in [-0.4, -0.2) is 47.5 Å². The molecule has 1 fully saturated rings. The Balaban J connectivity index is 2.19. The number of nitrogens with zero attached hydrogens (tertiary/aromatic N) is 1. The Kier molecular flexibility index (Phi) is 6.91. The van der Waals surface area contributed by atoms with Gasteiger partial charge in [-0.25, -0.2) is 4.79 Å². The van der Waals surface area contributed by atoms with Gasteiger partial charge in [0.2, 0.25) is 0 Å². The number of carbonyl (C=O) groups is 2. The Labute approximate surface area is 179 Å². The molecule has 1 aliphatic rings. The van der Waals surface area contributed by atoms with E-state index in [1.165, 1.54) is 4.90 Å².